The van der Waals surface area contributed by atoms with E-state index >= 15 is 0 Å². The summed E-state index contributed by atoms with van der Waals surface area (Å²) < 4.78 is 21.4. The maximum atomic E-state index is 13.6. The van der Waals surface area contributed by atoms with E-state index in [4.69, 9.17) is 11.7 Å². The number of halogens is 1. The number of anilines is 1. The summed E-state index contributed by atoms with van der Waals surface area (Å²) >= 11 is 4.29. The fourth-order valence-electron chi connectivity index (χ4n) is 2.75. The van der Waals surface area contributed by atoms with E-state index in [2.05, 4.69) is 29.9 Å². The van der Waals surface area contributed by atoms with Gasteiger partial charge in [0.1, 0.15) is 5.75 Å². The maximum Gasteiger partial charge on any atom is 0.313 e. The van der Waals surface area contributed by atoms with Crippen molar-refractivity contribution in [3.63, 3.8) is 0 Å². The SMILES string of the molecule is [C-]#[N+]c1ccc2c(O)c(SCC(=O)O)cc(NS(=O)(=NC)c3ccc(Br)cc3)c2c1. The lowest BCUT2D eigenvalue weighted by Gasteiger charge is -2.17. The van der Waals surface area contributed by atoms with Crippen molar-refractivity contribution in [3.05, 3.63) is 64.4 Å². The van der Waals surface area contributed by atoms with Crippen LogP contribution >= 0.6 is 27.7 Å². The molecular formula is C20H16BrN3O4S2. The second-order valence-corrected chi connectivity index (χ2v) is 10.1. The summed E-state index contributed by atoms with van der Waals surface area (Å²) in [6.07, 6.45) is 0. The van der Waals surface area contributed by atoms with Crippen LogP contribution in [0.1, 0.15) is 0 Å². The van der Waals surface area contributed by atoms with Crippen molar-refractivity contribution in [1.82, 2.24) is 0 Å². The number of carboxylic acid groups (broad SMARTS) is 1. The Balaban J connectivity index is 2.20. The lowest BCUT2D eigenvalue weighted by atomic mass is 10.1. The second-order valence-electron chi connectivity index (χ2n) is 6.06. The van der Waals surface area contributed by atoms with Crippen LogP contribution in [-0.2, 0) is 14.7 Å². The Morgan fingerprint density at radius 2 is 1.93 bits per heavy atom. The number of carboxylic acids is 1. The Labute approximate surface area is 186 Å². The Hall–Kier alpha value is -2.74. The van der Waals surface area contributed by atoms with Gasteiger partial charge in [0.05, 0.1) is 27.8 Å². The number of hydrogen-bond acceptors (Lipinski definition) is 5. The molecule has 0 aliphatic carbocycles. The number of nitrogens with zero attached hydrogens (tertiary/aromatic N) is 2. The monoisotopic (exact) mass is 505 g/mol. The molecule has 0 radical (unpaired) electrons. The highest BCUT2D eigenvalue weighted by Crippen LogP contribution is 2.42. The Bertz CT molecular complexity index is 1290. The number of benzene rings is 3. The van der Waals surface area contributed by atoms with Gasteiger partial charge in [-0.1, -0.05) is 28.1 Å². The van der Waals surface area contributed by atoms with E-state index in [0.717, 1.165) is 16.2 Å². The van der Waals surface area contributed by atoms with Crippen molar-refractivity contribution >= 4 is 65.7 Å². The number of fused-ring (bicyclic) bond motifs is 1. The van der Waals surface area contributed by atoms with E-state index in [1.54, 1.807) is 42.5 Å². The van der Waals surface area contributed by atoms with Gasteiger partial charge in [0.15, 0.2) is 15.6 Å². The van der Waals surface area contributed by atoms with Crippen LogP contribution in [0.15, 0.2) is 67.2 Å². The van der Waals surface area contributed by atoms with E-state index in [1.165, 1.54) is 13.1 Å². The minimum absolute atomic E-state index is 0.0955. The van der Waals surface area contributed by atoms with Crippen molar-refractivity contribution in [2.45, 2.75) is 9.79 Å². The fourth-order valence-corrected chi connectivity index (χ4v) is 5.14. The molecule has 0 spiro atoms. The Morgan fingerprint density at radius 3 is 2.53 bits per heavy atom. The molecule has 0 saturated heterocycles. The average molecular weight is 506 g/mol. The number of aliphatic carboxylic acids is 1. The van der Waals surface area contributed by atoms with Crippen LogP contribution in [0.4, 0.5) is 11.4 Å². The van der Waals surface area contributed by atoms with E-state index < -0.39 is 15.9 Å². The molecule has 0 bridgehead atoms. The summed E-state index contributed by atoms with van der Waals surface area (Å²) in [5.41, 5.74) is 0.721. The van der Waals surface area contributed by atoms with Gasteiger partial charge in [-0.05, 0) is 41.8 Å². The molecule has 0 amide bonds. The van der Waals surface area contributed by atoms with Crippen LogP contribution < -0.4 is 4.72 Å². The minimum Gasteiger partial charge on any atom is -0.506 e. The lowest BCUT2D eigenvalue weighted by molar-refractivity contribution is -0.133. The van der Waals surface area contributed by atoms with Gasteiger partial charge in [-0.2, -0.15) is 0 Å². The maximum absolute atomic E-state index is 13.6. The molecule has 30 heavy (non-hydrogen) atoms. The molecule has 3 N–H and O–H groups in total. The molecule has 3 aromatic carbocycles. The molecular weight excluding hydrogens is 490 g/mol. The largest absolute Gasteiger partial charge is 0.506 e. The highest BCUT2D eigenvalue weighted by molar-refractivity contribution is 9.10. The summed E-state index contributed by atoms with van der Waals surface area (Å²) in [5, 5.41) is 20.5. The molecule has 3 aromatic rings. The normalized spacial score (nSPS) is 12.7. The van der Waals surface area contributed by atoms with Gasteiger partial charge in [-0.15, -0.1) is 11.8 Å². The standard InChI is InChI=1S/C20H16BrN3O4S2/c1-22-13-5-8-15-16(9-13)17(10-18(20(15)27)29-11-19(25)26)24-30(28,23-2)14-6-3-12(21)4-7-14/h3-10,27H,11H2,2H3,(H,25,26)(H,23,24,28). The number of phenolic OH excluding ortho intramolecular Hbond substituents is 1. The molecule has 0 heterocycles. The van der Waals surface area contributed by atoms with E-state index in [1.807, 2.05) is 0 Å². The van der Waals surface area contributed by atoms with Crippen molar-refractivity contribution in [2.75, 3.05) is 17.5 Å². The predicted molar refractivity (Wildman–Crippen MR) is 123 cm³/mol. The van der Waals surface area contributed by atoms with Crippen LogP contribution in [0.5, 0.6) is 5.75 Å². The molecule has 154 valence electrons. The summed E-state index contributed by atoms with van der Waals surface area (Å²) in [6, 6.07) is 13.1. The zero-order chi connectivity index (χ0) is 21.9. The first-order chi connectivity index (χ1) is 14.3. The van der Waals surface area contributed by atoms with Crippen LogP contribution in [-0.4, -0.2) is 33.2 Å². The van der Waals surface area contributed by atoms with Crippen molar-refractivity contribution in [1.29, 1.82) is 0 Å². The highest BCUT2D eigenvalue weighted by atomic mass is 79.9. The number of thioether (sulfide) groups is 1. The van der Waals surface area contributed by atoms with Crippen LogP contribution in [0, 0.1) is 6.57 Å². The van der Waals surface area contributed by atoms with Gasteiger partial charge >= 0.3 is 5.97 Å². The van der Waals surface area contributed by atoms with Crippen LogP contribution in [0.25, 0.3) is 15.6 Å². The molecule has 0 aromatic heterocycles. The van der Waals surface area contributed by atoms with Gasteiger partial charge in [0, 0.05) is 16.9 Å². The summed E-state index contributed by atoms with van der Waals surface area (Å²) in [4.78, 5) is 15.2. The van der Waals surface area contributed by atoms with Crippen LogP contribution in [0.2, 0.25) is 0 Å². The third kappa shape index (κ3) is 4.53. The molecule has 1 atom stereocenters. The second kappa shape index (κ2) is 8.95. The third-order valence-corrected chi connectivity index (χ3v) is 7.64. The number of hydrogen-bond donors (Lipinski definition) is 3. The summed E-state index contributed by atoms with van der Waals surface area (Å²) in [5.74, 6) is -1.37. The topological polar surface area (TPSA) is 103 Å². The molecule has 0 aliphatic rings. The minimum atomic E-state index is -3.08. The zero-order valence-electron chi connectivity index (χ0n) is 15.6. The Kier molecular flexibility index (Phi) is 6.55. The quantitative estimate of drug-likeness (QED) is 0.232. The summed E-state index contributed by atoms with van der Waals surface area (Å²) in [7, 11) is -1.64. The third-order valence-electron chi connectivity index (χ3n) is 4.18. The average Bonchev–Trinajstić information content (AvgIpc) is 2.74. The first kappa shape index (κ1) is 22.0. The molecule has 7 nitrogen and oxygen atoms in total. The first-order valence-corrected chi connectivity index (χ1v) is 11.8. The van der Waals surface area contributed by atoms with Gasteiger partial charge in [0.25, 0.3) is 0 Å². The number of aromatic hydroxyl groups is 1. The summed E-state index contributed by atoms with van der Waals surface area (Å²) in [6.45, 7) is 7.26. The van der Waals surface area contributed by atoms with Crippen molar-refractivity contribution in [2.24, 2.45) is 4.36 Å². The molecule has 0 fully saturated rings. The first-order valence-electron chi connectivity index (χ1n) is 8.48. The molecule has 10 heteroatoms. The predicted octanol–water partition coefficient (Wildman–Crippen LogP) is 5.52. The fraction of sp³-hybridized carbons (Fsp3) is 0.100. The molecule has 1 unspecified atom stereocenters. The number of phenols is 1. The van der Waals surface area contributed by atoms with Gasteiger partial charge in [-0.25, -0.2) is 13.4 Å². The van der Waals surface area contributed by atoms with Crippen molar-refractivity contribution in [3.8, 4) is 5.75 Å². The smallest absolute Gasteiger partial charge is 0.313 e. The molecule has 0 aliphatic heterocycles. The number of nitrogens with one attached hydrogen (secondary N) is 1. The number of carbonyl (C=O) groups is 1. The van der Waals surface area contributed by atoms with E-state index in [0.29, 0.717) is 31.9 Å². The van der Waals surface area contributed by atoms with Gasteiger partial charge in [-0.3, -0.25) is 9.52 Å². The number of rotatable bonds is 6. The van der Waals surface area contributed by atoms with Gasteiger partial charge in [0.2, 0.25) is 0 Å². The van der Waals surface area contributed by atoms with E-state index in [-0.39, 0.29) is 11.5 Å². The zero-order valence-corrected chi connectivity index (χ0v) is 18.8. The Morgan fingerprint density at radius 1 is 1.23 bits per heavy atom. The molecule has 0 saturated carbocycles. The van der Waals surface area contributed by atoms with Gasteiger partial charge < -0.3 is 10.2 Å². The van der Waals surface area contributed by atoms with E-state index in [9.17, 15) is 14.1 Å². The highest BCUT2D eigenvalue weighted by Gasteiger charge is 2.18. The molecule has 3 rings (SSSR count). The van der Waals surface area contributed by atoms with Crippen molar-refractivity contribution < 1.29 is 19.2 Å². The lowest BCUT2D eigenvalue weighted by Crippen LogP contribution is -2.13. The van der Waals surface area contributed by atoms with Crippen LogP contribution in [0.3, 0.4) is 0 Å².